The van der Waals surface area contributed by atoms with Gasteiger partial charge >= 0.3 is 5.97 Å². The Kier molecular flexibility index (Phi) is 5.88. The number of carbonyl (C=O) groups is 2. The van der Waals surface area contributed by atoms with E-state index in [2.05, 4.69) is 36.4 Å². The fourth-order valence-electron chi connectivity index (χ4n) is 2.19. The van der Waals surface area contributed by atoms with E-state index in [1.807, 2.05) is 24.3 Å². The van der Waals surface area contributed by atoms with E-state index in [-0.39, 0.29) is 10.8 Å². The predicted octanol–water partition coefficient (Wildman–Crippen LogP) is 4.07. The first kappa shape index (κ1) is 19.1. The molecule has 2 N–H and O–H groups in total. The summed E-state index contributed by atoms with van der Waals surface area (Å²) >= 11 is 9.26. The summed E-state index contributed by atoms with van der Waals surface area (Å²) in [6.45, 7) is 1.46. The van der Waals surface area contributed by atoms with Crippen LogP contribution in [0.5, 0.6) is 0 Å². The van der Waals surface area contributed by atoms with Gasteiger partial charge in [0.15, 0.2) is 11.3 Å². The van der Waals surface area contributed by atoms with Gasteiger partial charge in [-0.15, -0.1) is 0 Å². The van der Waals surface area contributed by atoms with Crippen molar-refractivity contribution in [1.82, 2.24) is 15.2 Å². The Morgan fingerprint density at radius 3 is 2.70 bits per heavy atom. The highest BCUT2D eigenvalue weighted by Crippen LogP contribution is 2.21. The van der Waals surface area contributed by atoms with E-state index >= 15 is 0 Å². The maximum atomic E-state index is 12.3. The number of benzene rings is 1. The molecule has 0 saturated heterocycles. The predicted molar refractivity (Wildman–Crippen MR) is 104 cm³/mol. The number of ether oxygens (including phenoxy) is 1. The fraction of sp³-hybridized carbons (Fsp3) is 0.111. The van der Waals surface area contributed by atoms with Gasteiger partial charge in [0.05, 0.1) is 11.4 Å². The van der Waals surface area contributed by atoms with E-state index in [0.717, 1.165) is 10.0 Å². The number of nitrogens with zero attached hydrogens (tertiary/aromatic N) is 2. The zero-order valence-electron chi connectivity index (χ0n) is 14.1. The van der Waals surface area contributed by atoms with Gasteiger partial charge in [-0.2, -0.15) is 5.10 Å². The molecule has 2 aromatic heterocycles. The first-order valence-electron chi connectivity index (χ1n) is 7.88. The van der Waals surface area contributed by atoms with Crippen molar-refractivity contribution in [3.63, 3.8) is 0 Å². The summed E-state index contributed by atoms with van der Waals surface area (Å²) in [5.74, 6) is -1.21. The molecule has 0 spiro atoms. The van der Waals surface area contributed by atoms with E-state index < -0.39 is 18.0 Å². The van der Waals surface area contributed by atoms with E-state index in [4.69, 9.17) is 16.3 Å². The highest BCUT2D eigenvalue weighted by atomic mass is 79.9. The van der Waals surface area contributed by atoms with Crippen molar-refractivity contribution in [2.24, 2.45) is 0 Å². The van der Waals surface area contributed by atoms with E-state index in [9.17, 15) is 9.59 Å². The number of H-pyrrole nitrogens is 1. The molecule has 0 saturated carbocycles. The van der Waals surface area contributed by atoms with E-state index in [1.54, 1.807) is 18.2 Å². The highest BCUT2D eigenvalue weighted by Gasteiger charge is 2.21. The topological polar surface area (TPSA) is 97.0 Å². The number of aromatic amines is 1. The number of hydrogen-bond acceptors (Lipinski definition) is 5. The van der Waals surface area contributed by atoms with Crippen molar-refractivity contribution < 1.29 is 14.3 Å². The third-order valence-electron chi connectivity index (χ3n) is 3.61. The Morgan fingerprint density at radius 2 is 2.00 bits per heavy atom. The summed E-state index contributed by atoms with van der Waals surface area (Å²) in [7, 11) is 0. The van der Waals surface area contributed by atoms with Crippen molar-refractivity contribution >= 4 is 45.1 Å². The van der Waals surface area contributed by atoms with Crippen LogP contribution in [-0.2, 0) is 9.53 Å². The number of amides is 1. The fourth-order valence-corrected chi connectivity index (χ4v) is 2.62. The number of halogens is 2. The van der Waals surface area contributed by atoms with Crippen LogP contribution in [-0.4, -0.2) is 33.2 Å². The van der Waals surface area contributed by atoms with Gasteiger partial charge in [0.2, 0.25) is 0 Å². The zero-order valence-corrected chi connectivity index (χ0v) is 16.4. The maximum absolute atomic E-state index is 12.3. The second-order valence-corrected chi connectivity index (χ2v) is 6.83. The number of nitrogens with one attached hydrogen (secondary N) is 2. The summed E-state index contributed by atoms with van der Waals surface area (Å²) in [5.41, 5.74) is 1.91. The minimum Gasteiger partial charge on any atom is -0.448 e. The molecule has 0 bridgehead atoms. The normalized spacial score (nSPS) is 11.7. The van der Waals surface area contributed by atoms with Gasteiger partial charge in [0, 0.05) is 16.2 Å². The highest BCUT2D eigenvalue weighted by molar-refractivity contribution is 9.10. The molecular weight excluding hydrogens is 436 g/mol. The van der Waals surface area contributed by atoms with Crippen LogP contribution in [0.2, 0.25) is 5.15 Å². The molecule has 7 nitrogen and oxygen atoms in total. The number of esters is 1. The molecule has 9 heteroatoms. The van der Waals surface area contributed by atoms with Crippen LogP contribution in [0.3, 0.4) is 0 Å². The number of rotatable bonds is 5. The minimum atomic E-state index is -1.03. The molecule has 3 rings (SSSR count). The van der Waals surface area contributed by atoms with E-state index in [0.29, 0.717) is 11.4 Å². The van der Waals surface area contributed by atoms with Crippen LogP contribution in [0.15, 0.2) is 53.1 Å². The van der Waals surface area contributed by atoms with Gasteiger partial charge in [-0.05, 0) is 37.3 Å². The van der Waals surface area contributed by atoms with Crippen molar-refractivity contribution in [3.05, 3.63) is 64.0 Å². The summed E-state index contributed by atoms with van der Waals surface area (Å²) in [4.78, 5) is 28.3. The monoisotopic (exact) mass is 448 g/mol. The van der Waals surface area contributed by atoms with Crippen LogP contribution in [0.1, 0.15) is 17.4 Å². The molecule has 0 aliphatic rings. The van der Waals surface area contributed by atoms with Gasteiger partial charge in [0.25, 0.3) is 5.91 Å². The number of hydrogen-bond donors (Lipinski definition) is 2. The van der Waals surface area contributed by atoms with Gasteiger partial charge in [-0.3, -0.25) is 9.89 Å². The Labute approximate surface area is 168 Å². The molecular formula is C18H14BrClN4O3. The average molecular weight is 450 g/mol. The molecule has 138 valence electrons. The third-order valence-corrected chi connectivity index (χ3v) is 4.44. The van der Waals surface area contributed by atoms with E-state index in [1.165, 1.54) is 13.1 Å². The third kappa shape index (κ3) is 4.72. The molecule has 1 aromatic carbocycles. The van der Waals surface area contributed by atoms with Crippen LogP contribution in [0, 0.1) is 0 Å². The molecule has 0 fully saturated rings. The van der Waals surface area contributed by atoms with Crippen LogP contribution in [0.4, 0.5) is 5.69 Å². The van der Waals surface area contributed by atoms with Gasteiger partial charge < -0.3 is 10.1 Å². The Bertz CT molecular complexity index is 975. The Morgan fingerprint density at radius 1 is 1.26 bits per heavy atom. The van der Waals surface area contributed by atoms with Crippen molar-refractivity contribution in [2.75, 3.05) is 5.32 Å². The molecule has 27 heavy (non-hydrogen) atoms. The lowest BCUT2D eigenvalue weighted by Gasteiger charge is -2.13. The minimum absolute atomic E-state index is 0.145. The summed E-state index contributed by atoms with van der Waals surface area (Å²) in [6.07, 6.45) is 0.469. The molecule has 0 radical (unpaired) electrons. The number of pyridine rings is 1. The molecule has 0 aliphatic heterocycles. The Balaban J connectivity index is 1.64. The van der Waals surface area contributed by atoms with Crippen LogP contribution < -0.4 is 5.32 Å². The number of anilines is 1. The van der Waals surface area contributed by atoms with Crippen molar-refractivity contribution in [3.8, 4) is 11.3 Å². The number of carbonyl (C=O) groups excluding carboxylic acids is 2. The molecule has 3 aromatic rings. The molecule has 1 unspecified atom stereocenters. The molecule has 2 heterocycles. The first-order chi connectivity index (χ1) is 12.9. The molecule has 0 aliphatic carbocycles. The number of aromatic nitrogens is 3. The molecule has 1 amide bonds. The first-order valence-corrected chi connectivity index (χ1v) is 9.05. The maximum Gasteiger partial charge on any atom is 0.357 e. The summed E-state index contributed by atoms with van der Waals surface area (Å²) in [5, 5.41) is 9.44. The van der Waals surface area contributed by atoms with Gasteiger partial charge in [-0.25, -0.2) is 9.78 Å². The average Bonchev–Trinajstić information content (AvgIpc) is 3.14. The SMILES string of the molecule is CC(OC(=O)c1cc(-c2ccc(Br)cc2)n[nH]1)C(=O)Nc1cccnc1Cl. The quantitative estimate of drug-likeness (QED) is 0.452. The van der Waals surface area contributed by atoms with Gasteiger partial charge in [-0.1, -0.05) is 39.7 Å². The van der Waals surface area contributed by atoms with Crippen molar-refractivity contribution in [2.45, 2.75) is 13.0 Å². The largest absolute Gasteiger partial charge is 0.448 e. The zero-order chi connectivity index (χ0) is 19.4. The van der Waals surface area contributed by atoms with Crippen LogP contribution in [0.25, 0.3) is 11.3 Å². The lowest BCUT2D eigenvalue weighted by Crippen LogP contribution is -2.30. The second-order valence-electron chi connectivity index (χ2n) is 5.55. The van der Waals surface area contributed by atoms with Crippen molar-refractivity contribution in [1.29, 1.82) is 0 Å². The van der Waals surface area contributed by atoms with Crippen LogP contribution >= 0.6 is 27.5 Å². The van der Waals surface area contributed by atoms with Gasteiger partial charge in [0.1, 0.15) is 5.69 Å². The smallest absolute Gasteiger partial charge is 0.357 e. The lowest BCUT2D eigenvalue weighted by atomic mass is 10.1. The second kappa shape index (κ2) is 8.32. The summed E-state index contributed by atoms with van der Waals surface area (Å²) < 4.78 is 6.13. The Hall–Kier alpha value is -2.71. The summed E-state index contributed by atoms with van der Waals surface area (Å²) in [6, 6.07) is 12.3. The standard InChI is InChI=1S/C18H14BrClN4O3/c1-10(17(25)22-13-3-2-8-21-16(13)20)27-18(26)15-9-14(23-24-15)11-4-6-12(19)7-5-11/h2-10H,1H3,(H,22,25)(H,23,24). The lowest BCUT2D eigenvalue weighted by molar-refractivity contribution is -0.123. The molecule has 1 atom stereocenters.